The molecule has 0 spiro atoms. The van der Waals surface area contributed by atoms with E-state index in [-0.39, 0.29) is 11.0 Å². The Bertz CT molecular complexity index is 655. The van der Waals surface area contributed by atoms with Crippen LogP contribution in [0.1, 0.15) is 15.9 Å². The molecule has 0 aliphatic heterocycles. The summed E-state index contributed by atoms with van der Waals surface area (Å²) in [4.78, 5) is 12.1. The van der Waals surface area contributed by atoms with Gasteiger partial charge in [-0.1, -0.05) is 23.8 Å². The Balaban J connectivity index is 2.13. The van der Waals surface area contributed by atoms with Crippen LogP contribution in [-0.4, -0.2) is 11.0 Å². The lowest BCUT2D eigenvalue weighted by Crippen LogP contribution is -2.19. The van der Waals surface area contributed by atoms with E-state index in [4.69, 9.17) is 18.0 Å². The van der Waals surface area contributed by atoms with Crippen LogP contribution in [0, 0.1) is 6.92 Å². The fraction of sp³-hybridized carbons (Fsp3) is 0.0667. The molecule has 0 fully saturated rings. The normalized spacial score (nSPS) is 9.85. The summed E-state index contributed by atoms with van der Waals surface area (Å²) < 4.78 is 0. The Morgan fingerprint density at radius 2 is 1.70 bits per heavy atom. The second kappa shape index (κ2) is 6.16. The molecule has 0 atom stereocenters. The number of nitrogens with two attached hydrogens (primary N) is 1. The van der Waals surface area contributed by atoms with Crippen molar-refractivity contribution in [2.75, 3.05) is 10.6 Å². The maximum absolute atomic E-state index is 12.1. The zero-order valence-electron chi connectivity index (χ0n) is 11.0. The van der Waals surface area contributed by atoms with Gasteiger partial charge in [0.15, 0.2) is 5.11 Å². The van der Waals surface area contributed by atoms with Gasteiger partial charge < -0.3 is 16.4 Å². The van der Waals surface area contributed by atoms with Crippen molar-refractivity contribution in [2.45, 2.75) is 6.92 Å². The molecule has 2 aromatic carbocycles. The van der Waals surface area contributed by atoms with Crippen LogP contribution < -0.4 is 16.4 Å². The van der Waals surface area contributed by atoms with Crippen molar-refractivity contribution < 1.29 is 4.79 Å². The van der Waals surface area contributed by atoms with Gasteiger partial charge in [-0.15, -0.1) is 0 Å². The number of hydrogen-bond donors (Lipinski definition) is 3. The summed E-state index contributed by atoms with van der Waals surface area (Å²) in [5.41, 5.74) is 8.50. The number of carbonyl (C=O) groups is 1. The molecule has 1 amide bonds. The number of benzene rings is 2. The first-order valence-electron chi connectivity index (χ1n) is 6.09. The quantitative estimate of drug-likeness (QED) is 0.759. The fourth-order valence-electron chi connectivity index (χ4n) is 1.81. The van der Waals surface area contributed by atoms with Crippen LogP contribution in [0.3, 0.4) is 0 Å². The molecule has 0 unspecified atom stereocenters. The molecular weight excluding hydrogens is 270 g/mol. The molecule has 2 rings (SSSR count). The maximum atomic E-state index is 12.1. The fourth-order valence-corrected chi connectivity index (χ4v) is 1.92. The molecule has 0 saturated carbocycles. The van der Waals surface area contributed by atoms with Gasteiger partial charge in [0, 0.05) is 16.9 Å². The van der Waals surface area contributed by atoms with Crippen molar-refractivity contribution in [3.05, 3.63) is 59.7 Å². The molecule has 0 heterocycles. The highest BCUT2D eigenvalue weighted by Crippen LogP contribution is 2.16. The second-order valence-electron chi connectivity index (χ2n) is 4.39. The van der Waals surface area contributed by atoms with Crippen LogP contribution in [0.25, 0.3) is 0 Å². The number of rotatable bonds is 3. The number of aryl methyl sites for hydroxylation is 1. The van der Waals surface area contributed by atoms with Crippen LogP contribution >= 0.6 is 12.2 Å². The summed E-state index contributed by atoms with van der Waals surface area (Å²) in [6.45, 7) is 1.95. The topological polar surface area (TPSA) is 67.2 Å². The van der Waals surface area contributed by atoms with Gasteiger partial charge in [-0.25, -0.2) is 0 Å². The average molecular weight is 285 g/mol. The smallest absolute Gasteiger partial charge is 0.255 e. The van der Waals surface area contributed by atoms with Crippen LogP contribution in [-0.2, 0) is 0 Å². The van der Waals surface area contributed by atoms with Gasteiger partial charge in [-0.3, -0.25) is 4.79 Å². The van der Waals surface area contributed by atoms with E-state index in [2.05, 4.69) is 10.6 Å². The van der Waals surface area contributed by atoms with Crippen molar-refractivity contribution in [3.63, 3.8) is 0 Å². The van der Waals surface area contributed by atoms with Crippen molar-refractivity contribution in [1.29, 1.82) is 0 Å². The first-order chi connectivity index (χ1) is 9.54. The highest BCUT2D eigenvalue weighted by Gasteiger charge is 2.06. The molecule has 0 saturated heterocycles. The molecule has 20 heavy (non-hydrogen) atoms. The minimum Gasteiger partial charge on any atom is -0.376 e. The Hall–Kier alpha value is -2.40. The number of thiocarbonyl (C=S) groups is 1. The van der Waals surface area contributed by atoms with E-state index < -0.39 is 0 Å². The summed E-state index contributed by atoms with van der Waals surface area (Å²) in [5, 5.41) is 5.85. The number of hydrogen-bond acceptors (Lipinski definition) is 2. The van der Waals surface area contributed by atoms with Gasteiger partial charge >= 0.3 is 0 Å². The first kappa shape index (κ1) is 14.0. The van der Waals surface area contributed by atoms with Crippen molar-refractivity contribution in [2.24, 2.45) is 5.73 Å². The van der Waals surface area contributed by atoms with Gasteiger partial charge in [0.25, 0.3) is 5.91 Å². The van der Waals surface area contributed by atoms with Crippen molar-refractivity contribution in [1.82, 2.24) is 0 Å². The van der Waals surface area contributed by atoms with Crippen LogP contribution in [0.5, 0.6) is 0 Å². The Kier molecular flexibility index (Phi) is 4.32. The summed E-state index contributed by atoms with van der Waals surface area (Å²) in [6, 6.07) is 14.6. The van der Waals surface area contributed by atoms with E-state index in [9.17, 15) is 4.79 Å². The zero-order chi connectivity index (χ0) is 14.5. The van der Waals surface area contributed by atoms with Crippen LogP contribution in [0.4, 0.5) is 11.4 Å². The number of carbonyl (C=O) groups excluding carboxylic acids is 1. The lowest BCUT2D eigenvalue weighted by Gasteiger charge is -2.08. The Morgan fingerprint density at radius 3 is 2.35 bits per heavy atom. The van der Waals surface area contributed by atoms with Crippen molar-refractivity contribution >= 4 is 34.6 Å². The molecule has 0 aliphatic rings. The molecular formula is C15H15N3OS. The standard InChI is InChI=1S/C15H15N3OS/c1-10-4-2-5-11(8-10)14(19)17-12-6-3-7-13(9-12)18-15(16)20/h2-9H,1H3,(H,17,19)(H3,16,18,20). The molecule has 0 aliphatic carbocycles. The van der Waals surface area contributed by atoms with Crippen molar-refractivity contribution in [3.8, 4) is 0 Å². The molecule has 4 N–H and O–H groups in total. The number of nitrogens with one attached hydrogen (secondary N) is 2. The largest absolute Gasteiger partial charge is 0.376 e. The predicted molar refractivity (Wildman–Crippen MR) is 86.0 cm³/mol. The van der Waals surface area contributed by atoms with Gasteiger partial charge in [-0.2, -0.15) is 0 Å². The minimum atomic E-state index is -0.152. The highest BCUT2D eigenvalue weighted by atomic mass is 32.1. The minimum absolute atomic E-state index is 0.152. The van der Waals surface area contributed by atoms with Gasteiger partial charge in [0.2, 0.25) is 0 Å². The Morgan fingerprint density at radius 1 is 1.05 bits per heavy atom. The summed E-state index contributed by atoms with van der Waals surface area (Å²) in [7, 11) is 0. The lowest BCUT2D eigenvalue weighted by atomic mass is 10.1. The predicted octanol–water partition coefficient (Wildman–Crippen LogP) is 2.90. The van der Waals surface area contributed by atoms with Gasteiger partial charge in [-0.05, 0) is 49.5 Å². The lowest BCUT2D eigenvalue weighted by molar-refractivity contribution is 0.102. The third kappa shape index (κ3) is 3.80. The number of amides is 1. The van der Waals surface area contributed by atoms with E-state index in [1.807, 2.05) is 37.3 Å². The summed E-state index contributed by atoms with van der Waals surface area (Å²) >= 11 is 4.78. The third-order valence-corrected chi connectivity index (χ3v) is 2.77. The maximum Gasteiger partial charge on any atom is 0.255 e. The van der Waals surface area contributed by atoms with E-state index in [0.29, 0.717) is 11.3 Å². The molecule has 2 aromatic rings. The van der Waals surface area contributed by atoms with Crippen LogP contribution in [0.2, 0.25) is 0 Å². The van der Waals surface area contributed by atoms with Gasteiger partial charge in [0.1, 0.15) is 0 Å². The van der Waals surface area contributed by atoms with E-state index in [1.54, 1.807) is 18.2 Å². The van der Waals surface area contributed by atoms with Crippen LogP contribution in [0.15, 0.2) is 48.5 Å². The highest BCUT2D eigenvalue weighted by molar-refractivity contribution is 7.80. The average Bonchev–Trinajstić information content (AvgIpc) is 2.38. The first-order valence-corrected chi connectivity index (χ1v) is 6.50. The molecule has 0 aromatic heterocycles. The molecule has 0 radical (unpaired) electrons. The monoisotopic (exact) mass is 285 g/mol. The zero-order valence-corrected chi connectivity index (χ0v) is 11.8. The van der Waals surface area contributed by atoms with E-state index in [1.165, 1.54) is 0 Å². The molecule has 102 valence electrons. The Labute approximate surface area is 123 Å². The molecule has 5 heteroatoms. The number of anilines is 2. The summed E-state index contributed by atoms with van der Waals surface area (Å²) in [5.74, 6) is -0.152. The molecule has 4 nitrogen and oxygen atoms in total. The van der Waals surface area contributed by atoms with E-state index in [0.717, 1.165) is 11.3 Å². The SMILES string of the molecule is Cc1cccc(C(=O)Nc2cccc(NC(N)=S)c2)c1. The van der Waals surface area contributed by atoms with Gasteiger partial charge in [0.05, 0.1) is 0 Å². The second-order valence-corrected chi connectivity index (χ2v) is 4.83. The van der Waals surface area contributed by atoms with E-state index >= 15 is 0 Å². The summed E-state index contributed by atoms with van der Waals surface area (Å²) in [6.07, 6.45) is 0. The molecule has 0 bridgehead atoms. The third-order valence-electron chi connectivity index (χ3n) is 2.67.